The molecule has 2 atom stereocenters. The van der Waals surface area contributed by atoms with Gasteiger partial charge in [0.05, 0.1) is 6.07 Å². The molecule has 0 radical (unpaired) electrons. The molecule has 1 N–H and O–H groups in total. The second-order valence-electron chi connectivity index (χ2n) is 5.10. The van der Waals surface area contributed by atoms with Gasteiger partial charge in [-0.2, -0.15) is 17.0 Å². The molecule has 4 heteroatoms. The summed E-state index contributed by atoms with van der Waals surface area (Å²) in [6, 6.07) is 12.3. The summed E-state index contributed by atoms with van der Waals surface area (Å²) < 4.78 is 0. The molecule has 1 saturated carbocycles. The molecule has 1 fully saturated rings. The lowest BCUT2D eigenvalue weighted by Crippen LogP contribution is -2.38. The van der Waals surface area contributed by atoms with Crippen LogP contribution >= 0.6 is 11.8 Å². The maximum atomic E-state index is 12.1. The average molecular weight is 288 g/mol. The van der Waals surface area contributed by atoms with Crippen molar-refractivity contribution in [1.29, 1.82) is 5.26 Å². The predicted molar refractivity (Wildman–Crippen MR) is 82.1 cm³/mol. The molecule has 1 aliphatic carbocycles. The van der Waals surface area contributed by atoms with Gasteiger partial charge in [0.25, 0.3) is 0 Å². The standard InChI is InChI=1S/C16H20N2OS/c17-10-11-18-16(19)14-8-4-5-9-15(14)20-12-13-6-2-1-3-7-13/h1-3,6-7,14-15H,4-5,8-9,11-12H2,(H,18,19)/t14-,15+/m0/s1. The molecule has 1 aliphatic rings. The van der Waals surface area contributed by atoms with Crippen LogP contribution in [0.2, 0.25) is 0 Å². The van der Waals surface area contributed by atoms with Crippen LogP contribution < -0.4 is 5.32 Å². The van der Waals surface area contributed by atoms with Crippen LogP contribution in [0, 0.1) is 17.2 Å². The van der Waals surface area contributed by atoms with Crippen LogP contribution in [0.15, 0.2) is 30.3 Å². The minimum absolute atomic E-state index is 0.0526. The molecule has 0 bridgehead atoms. The van der Waals surface area contributed by atoms with Crippen LogP contribution in [0.1, 0.15) is 31.2 Å². The zero-order chi connectivity index (χ0) is 14.2. The smallest absolute Gasteiger partial charge is 0.225 e. The summed E-state index contributed by atoms with van der Waals surface area (Å²) >= 11 is 1.88. The molecule has 2 rings (SSSR count). The number of nitrogens with zero attached hydrogens (tertiary/aromatic N) is 1. The van der Waals surface area contributed by atoms with Crippen molar-refractivity contribution >= 4 is 17.7 Å². The molecule has 106 valence electrons. The third-order valence-electron chi connectivity index (χ3n) is 3.69. The lowest BCUT2D eigenvalue weighted by atomic mass is 9.88. The van der Waals surface area contributed by atoms with E-state index in [0.29, 0.717) is 5.25 Å². The van der Waals surface area contributed by atoms with Crippen LogP contribution in [0.4, 0.5) is 0 Å². The Bertz CT molecular complexity index is 469. The minimum Gasteiger partial charge on any atom is -0.343 e. The van der Waals surface area contributed by atoms with Crippen LogP contribution in [0.25, 0.3) is 0 Å². The third-order valence-corrected chi connectivity index (χ3v) is 5.18. The topological polar surface area (TPSA) is 52.9 Å². The first-order chi connectivity index (χ1) is 9.81. The zero-order valence-electron chi connectivity index (χ0n) is 11.5. The van der Waals surface area contributed by atoms with Crippen molar-refractivity contribution in [2.24, 2.45) is 5.92 Å². The molecule has 0 heterocycles. The van der Waals surface area contributed by atoms with Crippen LogP contribution in [0.3, 0.4) is 0 Å². The Morgan fingerprint density at radius 3 is 2.80 bits per heavy atom. The number of nitriles is 1. The summed E-state index contributed by atoms with van der Waals surface area (Å²) in [7, 11) is 0. The molecule has 0 saturated heterocycles. The largest absolute Gasteiger partial charge is 0.343 e. The molecule has 1 aromatic carbocycles. The van der Waals surface area contributed by atoms with E-state index in [1.54, 1.807) is 0 Å². The minimum atomic E-state index is 0.0526. The highest BCUT2D eigenvalue weighted by atomic mass is 32.2. The van der Waals surface area contributed by atoms with Crippen molar-refractivity contribution in [3.63, 3.8) is 0 Å². The molecule has 1 amide bonds. The van der Waals surface area contributed by atoms with E-state index in [9.17, 15) is 4.79 Å². The predicted octanol–water partition coefficient (Wildman–Crippen LogP) is 3.12. The highest BCUT2D eigenvalue weighted by molar-refractivity contribution is 7.99. The Morgan fingerprint density at radius 1 is 1.30 bits per heavy atom. The number of hydrogen-bond donors (Lipinski definition) is 1. The fourth-order valence-corrected chi connectivity index (χ4v) is 4.06. The van der Waals surface area contributed by atoms with Gasteiger partial charge in [-0.1, -0.05) is 43.2 Å². The van der Waals surface area contributed by atoms with E-state index in [2.05, 4.69) is 17.4 Å². The molecular formula is C16H20N2OS. The normalized spacial score (nSPS) is 21.9. The lowest BCUT2D eigenvalue weighted by Gasteiger charge is -2.30. The third kappa shape index (κ3) is 4.28. The first kappa shape index (κ1) is 14.9. The van der Waals surface area contributed by atoms with Crippen molar-refractivity contribution in [2.45, 2.75) is 36.7 Å². The maximum Gasteiger partial charge on any atom is 0.225 e. The summed E-state index contributed by atoms with van der Waals surface area (Å²) in [6.07, 6.45) is 4.37. The van der Waals surface area contributed by atoms with Crippen molar-refractivity contribution in [2.75, 3.05) is 6.54 Å². The highest BCUT2D eigenvalue weighted by Crippen LogP contribution is 2.35. The van der Waals surface area contributed by atoms with Crippen molar-refractivity contribution in [3.8, 4) is 6.07 Å². The van der Waals surface area contributed by atoms with Crippen molar-refractivity contribution < 1.29 is 4.79 Å². The van der Waals surface area contributed by atoms with Gasteiger partial charge >= 0.3 is 0 Å². The second-order valence-corrected chi connectivity index (χ2v) is 6.33. The Balaban J connectivity index is 1.90. The fourth-order valence-electron chi connectivity index (χ4n) is 2.63. The molecular weight excluding hydrogens is 268 g/mol. The summed E-state index contributed by atoms with van der Waals surface area (Å²) in [4.78, 5) is 12.1. The Hall–Kier alpha value is -1.47. The number of nitrogens with one attached hydrogen (secondary N) is 1. The maximum absolute atomic E-state index is 12.1. The fraction of sp³-hybridized carbons (Fsp3) is 0.500. The lowest BCUT2D eigenvalue weighted by molar-refractivity contribution is -0.125. The van der Waals surface area contributed by atoms with Gasteiger partial charge in [0.1, 0.15) is 6.54 Å². The van der Waals surface area contributed by atoms with Gasteiger partial charge in [0, 0.05) is 16.9 Å². The van der Waals surface area contributed by atoms with Crippen molar-refractivity contribution in [1.82, 2.24) is 5.32 Å². The van der Waals surface area contributed by atoms with Crippen LogP contribution in [-0.2, 0) is 10.5 Å². The van der Waals surface area contributed by atoms with E-state index in [-0.39, 0.29) is 18.4 Å². The summed E-state index contributed by atoms with van der Waals surface area (Å²) in [5.74, 6) is 1.07. The number of amides is 1. The first-order valence-corrected chi connectivity index (χ1v) is 8.16. The molecule has 20 heavy (non-hydrogen) atoms. The van der Waals surface area contributed by atoms with Crippen molar-refractivity contribution in [3.05, 3.63) is 35.9 Å². The van der Waals surface area contributed by atoms with E-state index < -0.39 is 0 Å². The quantitative estimate of drug-likeness (QED) is 0.847. The first-order valence-electron chi connectivity index (χ1n) is 7.11. The average Bonchev–Trinajstić information content (AvgIpc) is 2.52. The number of carbonyl (C=O) groups is 1. The Labute approximate surface area is 124 Å². The molecule has 0 unspecified atom stereocenters. The molecule has 0 spiro atoms. The summed E-state index contributed by atoms with van der Waals surface area (Å²) in [6.45, 7) is 0.116. The summed E-state index contributed by atoms with van der Waals surface area (Å²) in [5, 5.41) is 11.7. The van der Waals surface area contributed by atoms with E-state index >= 15 is 0 Å². The second kappa shape index (κ2) is 7.96. The molecule has 0 aromatic heterocycles. The van der Waals surface area contributed by atoms with Gasteiger partial charge in [0.2, 0.25) is 5.91 Å². The molecule has 0 aliphatic heterocycles. The number of benzene rings is 1. The van der Waals surface area contributed by atoms with E-state index in [0.717, 1.165) is 25.0 Å². The van der Waals surface area contributed by atoms with E-state index in [1.807, 2.05) is 36.0 Å². The van der Waals surface area contributed by atoms with Gasteiger partial charge in [-0.15, -0.1) is 0 Å². The Kier molecular flexibility index (Phi) is 5.94. The highest BCUT2D eigenvalue weighted by Gasteiger charge is 2.30. The number of thioether (sulfide) groups is 1. The molecule has 1 aromatic rings. The number of carbonyl (C=O) groups excluding carboxylic acids is 1. The van der Waals surface area contributed by atoms with Gasteiger partial charge in [-0.05, 0) is 18.4 Å². The van der Waals surface area contributed by atoms with Gasteiger partial charge < -0.3 is 5.32 Å². The summed E-state index contributed by atoms with van der Waals surface area (Å²) in [5.41, 5.74) is 1.30. The van der Waals surface area contributed by atoms with Crippen LogP contribution in [-0.4, -0.2) is 17.7 Å². The Morgan fingerprint density at radius 2 is 2.05 bits per heavy atom. The number of hydrogen-bond acceptors (Lipinski definition) is 3. The van der Waals surface area contributed by atoms with Gasteiger partial charge in [-0.25, -0.2) is 0 Å². The molecule has 3 nitrogen and oxygen atoms in total. The van der Waals surface area contributed by atoms with Gasteiger partial charge in [0.15, 0.2) is 0 Å². The van der Waals surface area contributed by atoms with Crippen LogP contribution in [0.5, 0.6) is 0 Å². The van der Waals surface area contributed by atoms with E-state index in [1.165, 1.54) is 12.0 Å². The SMILES string of the molecule is N#CCNC(=O)[C@H]1CCCC[C@H]1SCc1ccccc1. The van der Waals surface area contributed by atoms with E-state index in [4.69, 9.17) is 5.26 Å². The number of rotatable bonds is 5. The zero-order valence-corrected chi connectivity index (χ0v) is 12.4. The van der Waals surface area contributed by atoms with Gasteiger partial charge in [-0.3, -0.25) is 4.79 Å². The monoisotopic (exact) mass is 288 g/mol.